The molecule has 5 atom stereocenters. The minimum atomic E-state index is 0.0388. The van der Waals surface area contributed by atoms with E-state index in [0.717, 1.165) is 18.8 Å². The zero-order valence-electron chi connectivity index (χ0n) is 14.7. The Hall–Kier alpha value is -0.570. The fourth-order valence-corrected chi connectivity index (χ4v) is 4.11. The van der Waals surface area contributed by atoms with Crippen LogP contribution in [0.3, 0.4) is 0 Å². The molecule has 1 N–H and O–H groups in total. The summed E-state index contributed by atoms with van der Waals surface area (Å²) in [5.74, 6) is 2.91. The average Bonchev–Trinajstić information content (AvgIpc) is 2.82. The Kier molecular flexibility index (Phi) is 5.34. The summed E-state index contributed by atoms with van der Waals surface area (Å²) in [5.41, 5.74) is 0. The van der Waals surface area contributed by atoms with Gasteiger partial charge in [0.2, 0.25) is 5.91 Å². The average molecular weight is 294 g/mol. The summed E-state index contributed by atoms with van der Waals surface area (Å²) in [7, 11) is 0. The van der Waals surface area contributed by atoms with Gasteiger partial charge in [0.25, 0.3) is 0 Å². The normalized spacial score (nSPS) is 37.2. The molecule has 1 heterocycles. The van der Waals surface area contributed by atoms with E-state index in [0.29, 0.717) is 29.7 Å². The first kappa shape index (κ1) is 16.8. The third-order valence-corrected chi connectivity index (χ3v) is 5.46. The van der Waals surface area contributed by atoms with Crippen molar-refractivity contribution in [1.82, 2.24) is 10.2 Å². The van der Waals surface area contributed by atoms with Crippen molar-refractivity contribution in [2.45, 2.75) is 85.5 Å². The van der Waals surface area contributed by atoms with Crippen molar-refractivity contribution in [3.05, 3.63) is 0 Å². The van der Waals surface area contributed by atoms with Gasteiger partial charge in [0.15, 0.2) is 0 Å². The van der Waals surface area contributed by atoms with Crippen LogP contribution in [0.5, 0.6) is 0 Å². The van der Waals surface area contributed by atoms with E-state index in [1.54, 1.807) is 0 Å². The van der Waals surface area contributed by atoms with Gasteiger partial charge >= 0.3 is 0 Å². The maximum atomic E-state index is 12.9. The molecule has 0 spiro atoms. The van der Waals surface area contributed by atoms with E-state index >= 15 is 0 Å². The van der Waals surface area contributed by atoms with Crippen molar-refractivity contribution in [1.29, 1.82) is 0 Å². The molecule has 122 valence electrons. The molecule has 0 aromatic rings. The maximum absolute atomic E-state index is 12.9. The van der Waals surface area contributed by atoms with Crippen molar-refractivity contribution in [2.24, 2.45) is 23.7 Å². The zero-order chi connectivity index (χ0) is 15.7. The van der Waals surface area contributed by atoms with E-state index in [4.69, 9.17) is 0 Å². The van der Waals surface area contributed by atoms with Crippen LogP contribution in [0.4, 0.5) is 0 Å². The summed E-state index contributed by atoms with van der Waals surface area (Å²) in [6, 6.07) is 0.484. The largest absolute Gasteiger partial charge is 0.323 e. The van der Waals surface area contributed by atoms with Gasteiger partial charge in [-0.25, -0.2) is 0 Å². The molecule has 1 aliphatic carbocycles. The van der Waals surface area contributed by atoms with Crippen LogP contribution in [0.15, 0.2) is 0 Å². The van der Waals surface area contributed by atoms with E-state index in [1.807, 2.05) is 0 Å². The second kappa shape index (κ2) is 6.68. The first-order valence-corrected chi connectivity index (χ1v) is 8.89. The van der Waals surface area contributed by atoms with Gasteiger partial charge in [-0.1, -0.05) is 41.5 Å². The summed E-state index contributed by atoms with van der Waals surface area (Å²) in [6.07, 6.45) is 4.72. The molecule has 0 radical (unpaired) electrons. The van der Waals surface area contributed by atoms with Gasteiger partial charge in [-0.05, 0) is 49.4 Å². The highest BCUT2D eigenvalue weighted by Crippen LogP contribution is 2.38. The molecular weight excluding hydrogens is 260 g/mol. The molecule has 2 fully saturated rings. The lowest BCUT2D eigenvalue weighted by Crippen LogP contribution is -2.46. The van der Waals surface area contributed by atoms with Gasteiger partial charge in [-0.3, -0.25) is 10.1 Å². The Morgan fingerprint density at radius 3 is 2.19 bits per heavy atom. The van der Waals surface area contributed by atoms with Crippen LogP contribution < -0.4 is 5.32 Å². The highest BCUT2D eigenvalue weighted by Gasteiger charge is 2.46. The minimum Gasteiger partial charge on any atom is -0.323 e. The topological polar surface area (TPSA) is 32.3 Å². The molecule has 1 saturated carbocycles. The smallest absolute Gasteiger partial charge is 0.241 e. The first-order chi connectivity index (χ1) is 9.81. The molecule has 1 aliphatic heterocycles. The predicted molar refractivity (Wildman–Crippen MR) is 87.8 cm³/mol. The lowest BCUT2D eigenvalue weighted by molar-refractivity contribution is -0.133. The summed E-state index contributed by atoms with van der Waals surface area (Å²) >= 11 is 0. The minimum absolute atomic E-state index is 0.0388. The molecule has 0 aromatic heterocycles. The summed E-state index contributed by atoms with van der Waals surface area (Å²) in [4.78, 5) is 15.2. The van der Waals surface area contributed by atoms with E-state index in [2.05, 4.69) is 51.8 Å². The van der Waals surface area contributed by atoms with Crippen molar-refractivity contribution in [3.63, 3.8) is 0 Å². The Balaban J connectivity index is 2.15. The van der Waals surface area contributed by atoms with E-state index in [1.165, 1.54) is 12.8 Å². The van der Waals surface area contributed by atoms with Crippen LogP contribution in [0.2, 0.25) is 0 Å². The van der Waals surface area contributed by atoms with Gasteiger partial charge in [-0.15, -0.1) is 0 Å². The number of nitrogens with one attached hydrogen (secondary N) is 1. The molecule has 0 bridgehead atoms. The van der Waals surface area contributed by atoms with Gasteiger partial charge in [0.05, 0.1) is 12.2 Å². The number of carbonyl (C=O) groups excluding carboxylic acids is 1. The quantitative estimate of drug-likeness (QED) is 0.839. The Morgan fingerprint density at radius 2 is 1.71 bits per heavy atom. The van der Waals surface area contributed by atoms with E-state index in [-0.39, 0.29) is 12.2 Å². The van der Waals surface area contributed by atoms with E-state index < -0.39 is 0 Å². The molecular formula is C18H34N2O. The van der Waals surface area contributed by atoms with Crippen LogP contribution in [0.1, 0.15) is 67.2 Å². The summed E-state index contributed by atoms with van der Waals surface area (Å²) < 4.78 is 0. The van der Waals surface area contributed by atoms with Gasteiger partial charge in [0, 0.05) is 6.04 Å². The number of carbonyl (C=O) groups is 1. The third kappa shape index (κ3) is 3.61. The molecule has 1 saturated heterocycles. The first-order valence-electron chi connectivity index (χ1n) is 8.89. The van der Waals surface area contributed by atoms with Crippen LogP contribution in [0, 0.1) is 23.7 Å². The number of amides is 1. The number of hydrogen-bond acceptors (Lipinski definition) is 2. The third-order valence-electron chi connectivity index (χ3n) is 5.46. The fourth-order valence-electron chi connectivity index (χ4n) is 4.11. The maximum Gasteiger partial charge on any atom is 0.241 e. The second-order valence-corrected chi connectivity index (χ2v) is 8.22. The van der Waals surface area contributed by atoms with Crippen LogP contribution >= 0.6 is 0 Å². The van der Waals surface area contributed by atoms with Crippen molar-refractivity contribution in [2.75, 3.05) is 0 Å². The van der Waals surface area contributed by atoms with Crippen LogP contribution in [-0.2, 0) is 4.79 Å². The number of rotatable bonds is 5. The van der Waals surface area contributed by atoms with Crippen molar-refractivity contribution >= 4 is 5.91 Å². The lowest BCUT2D eigenvalue weighted by atomic mass is 9.95. The standard InChI is InChI=1S/C18H34N2O/c1-11(2)9-15-18(21)20(17(19-15)10-12(3)4)16-8-7-13(5)14(16)6/h11-17,19H,7-10H2,1-6H3. The Bertz CT molecular complexity index is 366. The molecule has 2 aliphatic rings. The molecule has 1 amide bonds. The number of hydrogen-bond donors (Lipinski definition) is 1. The molecule has 5 unspecified atom stereocenters. The van der Waals surface area contributed by atoms with Gasteiger partial charge in [-0.2, -0.15) is 0 Å². The SMILES string of the molecule is CC(C)CC1NC(CC(C)C)N(C2CCC(C)C2C)C1=O. The molecule has 21 heavy (non-hydrogen) atoms. The van der Waals surface area contributed by atoms with Crippen LogP contribution in [-0.4, -0.2) is 29.1 Å². The van der Waals surface area contributed by atoms with Crippen molar-refractivity contribution < 1.29 is 4.79 Å². The predicted octanol–water partition coefficient (Wildman–Crippen LogP) is 3.64. The summed E-state index contributed by atoms with van der Waals surface area (Å²) in [6.45, 7) is 13.6. The van der Waals surface area contributed by atoms with E-state index in [9.17, 15) is 4.79 Å². The zero-order valence-corrected chi connectivity index (χ0v) is 14.7. The van der Waals surface area contributed by atoms with Gasteiger partial charge in [0.1, 0.15) is 0 Å². The molecule has 3 nitrogen and oxygen atoms in total. The molecule has 2 rings (SSSR count). The second-order valence-electron chi connectivity index (χ2n) is 8.22. The monoisotopic (exact) mass is 294 g/mol. The molecule has 0 aromatic carbocycles. The van der Waals surface area contributed by atoms with Crippen molar-refractivity contribution in [3.8, 4) is 0 Å². The number of nitrogens with zero attached hydrogens (tertiary/aromatic N) is 1. The van der Waals surface area contributed by atoms with Crippen LogP contribution in [0.25, 0.3) is 0 Å². The summed E-state index contributed by atoms with van der Waals surface area (Å²) in [5, 5.41) is 3.64. The fraction of sp³-hybridized carbons (Fsp3) is 0.944. The molecule has 3 heteroatoms. The van der Waals surface area contributed by atoms with Gasteiger partial charge < -0.3 is 4.90 Å². The highest BCUT2D eigenvalue weighted by atomic mass is 16.2. The lowest BCUT2D eigenvalue weighted by Gasteiger charge is -2.34. The Morgan fingerprint density at radius 1 is 1.10 bits per heavy atom. The highest BCUT2D eigenvalue weighted by molar-refractivity contribution is 5.84. The Labute approximate surface area is 130 Å².